The van der Waals surface area contributed by atoms with Gasteiger partial charge in [0.25, 0.3) is 0 Å². The van der Waals surface area contributed by atoms with Gasteiger partial charge in [0.2, 0.25) is 0 Å². The molecule has 1 aliphatic carbocycles. The maximum atomic E-state index is 3.54. The zero-order valence-electron chi connectivity index (χ0n) is 10.8. The smallest absolute Gasteiger partial charge is 0.0175 e. The van der Waals surface area contributed by atoms with E-state index in [-0.39, 0.29) is 0 Å². The monoisotopic (exact) mass is 294 g/mol. The summed E-state index contributed by atoms with van der Waals surface area (Å²) in [4.78, 5) is 0. The lowest BCUT2D eigenvalue weighted by Crippen LogP contribution is -2.29. The second kappa shape index (κ2) is 6.04. The van der Waals surface area contributed by atoms with Crippen molar-refractivity contribution in [2.75, 3.05) is 0 Å². The number of unbranched alkanes of at least 4 members (excludes halogenated alkanes) is 1. The molecule has 1 fully saturated rings. The van der Waals surface area contributed by atoms with Crippen molar-refractivity contribution in [3.63, 3.8) is 0 Å². The van der Waals surface area contributed by atoms with Gasteiger partial charge in [0.05, 0.1) is 0 Å². The Morgan fingerprint density at radius 1 is 1.06 bits per heavy atom. The molecule has 0 amide bonds. The van der Waals surface area contributed by atoms with Crippen LogP contribution in [0.3, 0.4) is 0 Å². The van der Waals surface area contributed by atoms with Crippen LogP contribution in [0.15, 0.2) is 28.7 Å². The van der Waals surface area contributed by atoms with E-state index in [1.807, 2.05) is 0 Å². The predicted molar refractivity (Wildman–Crippen MR) is 78.4 cm³/mol. The van der Waals surface area contributed by atoms with E-state index in [1.165, 1.54) is 55.8 Å². The van der Waals surface area contributed by atoms with E-state index < -0.39 is 0 Å². The van der Waals surface area contributed by atoms with Crippen LogP contribution in [0.4, 0.5) is 0 Å². The molecule has 0 spiro atoms. The first-order valence-corrected chi connectivity index (χ1v) is 7.82. The highest BCUT2D eigenvalue weighted by Crippen LogP contribution is 2.43. The number of hydrogen-bond acceptors (Lipinski definition) is 0. The van der Waals surface area contributed by atoms with E-state index in [2.05, 4.69) is 47.1 Å². The molecular weight excluding hydrogens is 272 g/mol. The fourth-order valence-corrected chi connectivity index (χ4v) is 3.49. The molecule has 1 aliphatic rings. The molecule has 0 unspecified atom stereocenters. The quantitative estimate of drug-likeness (QED) is 0.654. The van der Waals surface area contributed by atoms with Gasteiger partial charge >= 0.3 is 0 Å². The molecule has 17 heavy (non-hydrogen) atoms. The first-order valence-electron chi connectivity index (χ1n) is 7.03. The van der Waals surface area contributed by atoms with Crippen LogP contribution in [-0.4, -0.2) is 0 Å². The lowest BCUT2D eigenvalue weighted by molar-refractivity contribution is 0.267. The minimum absolute atomic E-state index is 0.495. The number of hydrogen-bond donors (Lipinski definition) is 0. The maximum absolute atomic E-state index is 3.54. The number of halogens is 1. The average molecular weight is 295 g/mol. The molecule has 2 rings (SSSR count). The van der Waals surface area contributed by atoms with Crippen LogP contribution in [0.1, 0.15) is 63.9 Å². The topological polar surface area (TPSA) is 0 Å². The predicted octanol–water partition coefficient (Wildman–Crippen LogP) is 5.84. The van der Waals surface area contributed by atoms with Gasteiger partial charge in [-0.15, -0.1) is 0 Å². The molecule has 0 radical (unpaired) electrons. The second-order valence-electron chi connectivity index (χ2n) is 5.45. The Kier molecular flexibility index (Phi) is 4.67. The maximum Gasteiger partial charge on any atom is 0.0175 e. The Morgan fingerprint density at radius 3 is 2.29 bits per heavy atom. The minimum Gasteiger partial charge on any atom is -0.0654 e. The summed E-state index contributed by atoms with van der Waals surface area (Å²) < 4.78 is 1.20. The molecule has 0 aliphatic heterocycles. The normalized spacial score (nSPS) is 19.2. The van der Waals surface area contributed by atoms with E-state index >= 15 is 0 Å². The highest BCUT2D eigenvalue weighted by molar-refractivity contribution is 9.10. The third-order valence-corrected chi connectivity index (χ3v) is 4.80. The average Bonchev–Trinajstić information content (AvgIpc) is 2.38. The standard InChI is InChI=1S/C16H23Br/c1-2-3-11-16(12-5-4-6-13-16)14-7-9-15(17)10-8-14/h7-10H,2-6,11-13H2,1H3. The van der Waals surface area contributed by atoms with Gasteiger partial charge in [0, 0.05) is 4.47 Å². The van der Waals surface area contributed by atoms with Crippen molar-refractivity contribution in [3.05, 3.63) is 34.3 Å². The van der Waals surface area contributed by atoms with Crippen LogP contribution in [-0.2, 0) is 5.41 Å². The molecule has 0 nitrogen and oxygen atoms in total. The van der Waals surface area contributed by atoms with Gasteiger partial charge in [0.15, 0.2) is 0 Å². The third-order valence-electron chi connectivity index (χ3n) is 4.28. The van der Waals surface area contributed by atoms with Gasteiger partial charge in [-0.2, -0.15) is 0 Å². The van der Waals surface area contributed by atoms with Crippen molar-refractivity contribution >= 4 is 15.9 Å². The molecule has 0 atom stereocenters. The Labute approximate surface area is 114 Å². The number of rotatable bonds is 4. The van der Waals surface area contributed by atoms with Crippen LogP contribution in [0.25, 0.3) is 0 Å². The summed E-state index contributed by atoms with van der Waals surface area (Å²) in [5.74, 6) is 0. The molecule has 0 bridgehead atoms. The van der Waals surface area contributed by atoms with Crippen LogP contribution >= 0.6 is 15.9 Å². The molecule has 0 saturated heterocycles. The summed E-state index contributed by atoms with van der Waals surface area (Å²) in [5, 5.41) is 0. The second-order valence-corrected chi connectivity index (χ2v) is 6.37. The molecule has 1 saturated carbocycles. The Bertz CT molecular complexity index is 333. The van der Waals surface area contributed by atoms with Crippen molar-refractivity contribution < 1.29 is 0 Å². The van der Waals surface area contributed by atoms with Gasteiger partial charge in [-0.05, 0) is 42.4 Å². The zero-order chi connectivity index (χ0) is 12.1. The van der Waals surface area contributed by atoms with Crippen LogP contribution < -0.4 is 0 Å². The summed E-state index contributed by atoms with van der Waals surface area (Å²) in [7, 11) is 0. The van der Waals surface area contributed by atoms with E-state index in [4.69, 9.17) is 0 Å². The van der Waals surface area contributed by atoms with Gasteiger partial charge < -0.3 is 0 Å². The van der Waals surface area contributed by atoms with E-state index in [9.17, 15) is 0 Å². The highest BCUT2D eigenvalue weighted by atomic mass is 79.9. The SMILES string of the molecule is CCCCC1(c2ccc(Br)cc2)CCCCC1. The summed E-state index contributed by atoms with van der Waals surface area (Å²) in [6.07, 6.45) is 11.1. The molecule has 0 aromatic heterocycles. The van der Waals surface area contributed by atoms with Gasteiger partial charge in [-0.3, -0.25) is 0 Å². The molecule has 1 heteroatoms. The molecule has 1 aromatic rings. The van der Waals surface area contributed by atoms with Gasteiger partial charge in [-0.25, -0.2) is 0 Å². The molecular formula is C16H23Br. The Hall–Kier alpha value is -0.300. The Balaban J connectivity index is 2.21. The molecule has 0 N–H and O–H groups in total. The van der Waals surface area contributed by atoms with Crippen molar-refractivity contribution in [1.82, 2.24) is 0 Å². The zero-order valence-corrected chi connectivity index (χ0v) is 12.4. The summed E-state index contributed by atoms with van der Waals surface area (Å²) in [5.41, 5.74) is 2.07. The fraction of sp³-hybridized carbons (Fsp3) is 0.625. The minimum atomic E-state index is 0.495. The van der Waals surface area contributed by atoms with Crippen molar-refractivity contribution in [2.45, 2.75) is 63.7 Å². The van der Waals surface area contributed by atoms with Crippen LogP contribution in [0.5, 0.6) is 0 Å². The number of benzene rings is 1. The van der Waals surface area contributed by atoms with Crippen molar-refractivity contribution in [2.24, 2.45) is 0 Å². The third kappa shape index (κ3) is 3.13. The summed E-state index contributed by atoms with van der Waals surface area (Å²) in [6, 6.07) is 9.09. The van der Waals surface area contributed by atoms with Gasteiger partial charge in [0.1, 0.15) is 0 Å². The lowest BCUT2D eigenvalue weighted by Gasteiger charge is -2.38. The van der Waals surface area contributed by atoms with Crippen LogP contribution in [0.2, 0.25) is 0 Å². The molecule has 1 aromatic carbocycles. The van der Waals surface area contributed by atoms with E-state index in [0.29, 0.717) is 5.41 Å². The largest absolute Gasteiger partial charge is 0.0654 e. The van der Waals surface area contributed by atoms with E-state index in [1.54, 1.807) is 5.56 Å². The first-order chi connectivity index (χ1) is 8.27. The van der Waals surface area contributed by atoms with Crippen LogP contribution in [0, 0.1) is 0 Å². The first kappa shape index (κ1) is 13.1. The lowest BCUT2D eigenvalue weighted by atomic mass is 9.67. The molecule has 94 valence electrons. The van der Waals surface area contributed by atoms with E-state index in [0.717, 1.165) is 0 Å². The van der Waals surface area contributed by atoms with Crippen molar-refractivity contribution in [1.29, 1.82) is 0 Å². The van der Waals surface area contributed by atoms with Gasteiger partial charge in [-0.1, -0.05) is 67.1 Å². The van der Waals surface area contributed by atoms with Crippen molar-refractivity contribution in [3.8, 4) is 0 Å². The molecule has 0 heterocycles. The highest BCUT2D eigenvalue weighted by Gasteiger charge is 2.32. The Morgan fingerprint density at radius 2 is 1.71 bits per heavy atom. The summed E-state index contributed by atoms with van der Waals surface area (Å²) >= 11 is 3.54. The fourth-order valence-electron chi connectivity index (χ4n) is 3.23. The summed E-state index contributed by atoms with van der Waals surface area (Å²) in [6.45, 7) is 2.30.